The molecule has 1 amide bonds. The average molecular weight is 286 g/mol. The molecule has 7 heteroatoms. The van der Waals surface area contributed by atoms with Crippen LogP contribution in [0.2, 0.25) is 0 Å². The van der Waals surface area contributed by atoms with Crippen LogP contribution >= 0.6 is 0 Å². The molecule has 1 atom stereocenters. The Hall–Kier alpha value is -1.34. The minimum atomic E-state index is -0.0615. The number of hydrogen-bond acceptors (Lipinski definition) is 5. The van der Waals surface area contributed by atoms with E-state index in [1.165, 1.54) is 0 Å². The van der Waals surface area contributed by atoms with E-state index in [9.17, 15) is 4.79 Å². The maximum absolute atomic E-state index is 11.9. The summed E-state index contributed by atoms with van der Waals surface area (Å²) in [6, 6.07) is -0.0615. The van der Waals surface area contributed by atoms with Crippen molar-refractivity contribution in [3.63, 3.8) is 0 Å². The van der Waals surface area contributed by atoms with Crippen molar-refractivity contribution < 1.29 is 14.7 Å². The molecule has 0 aromatic rings. The molecule has 1 aliphatic rings. The molecular formula is C13H26N4O3. The lowest BCUT2D eigenvalue weighted by Gasteiger charge is -2.38. The number of carbonyl (C=O) groups is 1. The van der Waals surface area contributed by atoms with Crippen molar-refractivity contribution >= 4 is 11.7 Å². The lowest BCUT2D eigenvalue weighted by atomic mass is 10.1. The second kappa shape index (κ2) is 8.76. The number of amides is 1. The summed E-state index contributed by atoms with van der Waals surface area (Å²) in [7, 11) is 0. The Labute approximate surface area is 120 Å². The smallest absolute Gasteiger partial charge is 0.248 e. The first-order valence-corrected chi connectivity index (χ1v) is 7.21. The van der Waals surface area contributed by atoms with Gasteiger partial charge in [0.2, 0.25) is 5.91 Å². The summed E-state index contributed by atoms with van der Waals surface area (Å²) in [4.78, 5) is 15.9. The second-order valence-corrected chi connectivity index (χ2v) is 4.92. The number of carbonyl (C=O) groups excluding carboxylic acids is 1. The highest BCUT2D eigenvalue weighted by molar-refractivity contribution is 5.85. The van der Waals surface area contributed by atoms with E-state index in [1.54, 1.807) is 0 Å². The van der Waals surface area contributed by atoms with Crippen LogP contribution in [-0.4, -0.2) is 72.2 Å². The zero-order valence-corrected chi connectivity index (χ0v) is 12.4. The standard InChI is InChI=1S/C13H26N4O3/c1-3-9-20-10-12(18)17-7-5-16(6-8-17)11(4-2)13(14)15-19/h11,19H,3-10H2,1-2H3,(H2,14,15). The topological polar surface area (TPSA) is 91.4 Å². The van der Waals surface area contributed by atoms with Crippen LogP contribution in [0.3, 0.4) is 0 Å². The molecule has 0 bridgehead atoms. The van der Waals surface area contributed by atoms with E-state index in [0.717, 1.165) is 25.9 Å². The lowest BCUT2D eigenvalue weighted by molar-refractivity contribution is -0.138. The summed E-state index contributed by atoms with van der Waals surface area (Å²) < 4.78 is 5.27. The molecule has 0 aliphatic carbocycles. The molecule has 1 heterocycles. The van der Waals surface area contributed by atoms with Gasteiger partial charge in [-0.3, -0.25) is 9.69 Å². The second-order valence-electron chi connectivity index (χ2n) is 4.92. The van der Waals surface area contributed by atoms with Gasteiger partial charge in [0, 0.05) is 32.8 Å². The van der Waals surface area contributed by atoms with Gasteiger partial charge in [-0.15, -0.1) is 0 Å². The van der Waals surface area contributed by atoms with Crippen LogP contribution in [0.15, 0.2) is 5.16 Å². The quantitative estimate of drug-likeness (QED) is 0.227. The van der Waals surface area contributed by atoms with E-state index < -0.39 is 0 Å². The van der Waals surface area contributed by atoms with Gasteiger partial charge in [0.25, 0.3) is 0 Å². The van der Waals surface area contributed by atoms with Crippen LogP contribution in [0.1, 0.15) is 26.7 Å². The fourth-order valence-corrected chi connectivity index (χ4v) is 2.40. The van der Waals surface area contributed by atoms with E-state index in [-0.39, 0.29) is 24.4 Å². The third-order valence-corrected chi connectivity index (χ3v) is 3.53. The van der Waals surface area contributed by atoms with Gasteiger partial charge in [-0.25, -0.2) is 0 Å². The predicted octanol–water partition coefficient (Wildman–Crippen LogP) is 0.0822. The highest BCUT2D eigenvalue weighted by Crippen LogP contribution is 2.10. The number of ether oxygens (including phenoxy) is 1. The first-order valence-electron chi connectivity index (χ1n) is 7.21. The molecule has 0 saturated carbocycles. The molecule has 1 unspecified atom stereocenters. The average Bonchev–Trinajstić information content (AvgIpc) is 2.48. The minimum absolute atomic E-state index is 0.0370. The molecule has 3 N–H and O–H groups in total. The molecule has 0 radical (unpaired) electrons. The van der Waals surface area contributed by atoms with E-state index in [0.29, 0.717) is 19.7 Å². The summed E-state index contributed by atoms with van der Waals surface area (Å²) in [6.45, 7) is 7.56. The van der Waals surface area contributed by atoms with Crippen LogP contribution in [-0.2, 0) is 9.53 Å². The maximum Gasteiger partial charge on any atom is 0.248 e. The highest BCUT2D eigenvalue weighted by atomic mass is 16.5. The Balaban J connectivity index is 2.40. The van der Waals surface area contributed by atoms with E-state index in [2.05, 4.69) is 10.1 Å². The van der Waals surface area contributed by atoms with Crippen LogP contribution in [0.4, 0.5) is 0 Å². The van der Waals surface area contributed by atoms with Crippen molar-refractivity contribution in [3.05, 3.63) is 0 Å². The molecule has 0 aromatic carbocycles. The Morgan fingerprint density at radius 2 is 2.00 bits per heavy atom. The number of piperazine rings is 1. The zero-order chi connectivity index (χ0) is 15.0. The number of nitrogens with two attached hydrogens (primary N) is 1. The normalized spacial score (nSPS) is 19.1. The molecule has 0 spiro atoms. The lowest BCUT2D eigenvalue weighted by Crippen LogP contribution is -2.55. The number of hydrogen-bond donors (Lipinski definition) is 2. The monoisotopic (exact) mass is 286 g/mol. The molecule has 1 fully saturated rings. The van der Waals surface area contributed by atoms with Crippen molar-refractivity contribution in [1.82, 2.24) is 9.80 Å². The molecule has 116 valence electrons. The SMILES string of the molecule is CCCOCC(=O)N1CCN(C(CC)C(N)=NO)CC1. The molecule has 1 rings (SSSR count). The van der Waals surface area contributed by atoms with E-state index >= 15 is 0 Å². The van der Waals surface area contributed by atoms with Gasteiger partial charge < -0.3 is 20.6 Å². The van der Waals surface area contributed by atoms with Gasteiger partial charge in [-0.1, -0.05) is 19.0 Å². The summed E-state index contributed by atoms with van der Waals surface area (Å²) >= 11 is 0. The van der Waals surface area contributed by atoms with Crippen molar-refractivity contribution in [3.8, 4) is 0 Å². The van der Waals surface area contributed by atoms with Crippen molar-refractivity contribution in [2.75, 3.05) is 39.4 Å². The summed E-state index contributed by atoms with van der Waals surface area (Å²) in [5.41, 5.74) is 5.69. The summed E-state index contributed by atoms with van der Waals surface area (Å²) in [5, 5.41) is 11.9. The number of oxime groups is 1. The fourth-order valence-electron chi connectivity index (χ4n) is 2.40. The van der Waals surface area contributed by atoms with E-state index in [4.69, 9.17) is 15.7 Å². The highest BCUT2D eigenvalue weighted by Gasteiger charge is 2.27. The minimum Gasteiger partial charge on any atom is -0.409 e. The largest absolute Gasteiger partial charge is 0.409 e. The zero-order valence-electron chi connectivity index (χ0n) is 12.4. The van der Waals surface area contributed by atoms with Crippen molar-refractivity contribution in [2.24, 2.45) is 10.9 Å². The van der Waals surface area contributed by atoms with E-state index in [1.807, 2.05) is 18.7 Å². The van der Waals surface area contributed by atoms with Crippen molar-refractivity contribution in [1.29, 1.82) is 0 Å². The fraction of sp³-hybridized carbons (Fsp3) is 0.846. The van der Waals surface area contributed by atoms with Gasteiger partial charge in [-0.2, -0.15) is 0 Å². The molecule has 0 aromatic heterocycles. The maximum atomic E-state index is 11.9. The van der Waals surface area contributed by atoms with Gasteiger partial charge in [0.1, 0.15) is 6.61 Å². The molecule has 7 nitrogen and oxygen atoms in total. The Bertz CT molecular complexity index is 328. The Kier molecular flexibility index (Phi) is 7.32. The number of rotatable bonds is 7. The predicted molar refractivity (Wildman–Crippen MR) is 76.8 cm³/mol. The first-order chi connectivity index (χ1) is 9.63. The number of amidine groups is 1. The van der Waals surface area contributed by atoms with Crippen LogP contribution < -0.4 is 5.73 Å². The van der Waals surface area contributed by atoms with Gasteiger partial charge in [-0.05, 0) is 12.8 Å². The molecule has 1 aliphatic heterocycles. The molecular weight excluding hydrogens is 260 g/mol. The van der Waals surface area contributed by atoms with Crippen LogP contribution in [0, 0.1) is 0 Å². The van der Waals surface area contributed by atoms with Crippen molar-refractivity contribution in [2.45, 2.75) is 32.7 Å². The summed E-state index contributed by atoms with van der Waals surface area (Å²) in [5.74, 6) is 0.272. The van der Waals surface area contributed by atoms with Gasteiger partial charge >= 0.3 is 0 Å². The molecule has 1 saturated heterocycles. The van der Waals surface area contributed by atoms with Gasteiger partial charge in [0.05, 0.1) is 6.04 Å². The first kappa shape index (κ1) is 16.7. The van der Waals surface area contributed by atoms with Gasteiger partial charge in [0.15, 0.2) is 5.84 Å². The molecule has 20 heavy (non-hydrogen) atoms. The Morgan fingerprint density at radius 1 is 1.35 bits per heavy atom. The summed E-state index contributed by atoms with van der Waals surface area (Å²) in [6.07, 6.45) is 1.70. The third-order valence-electron chi connectivity index (χ3n) is 3.53. The number of nitrogens with zero attached hydrogens (tertiary/aromatic N) is 3. The third kappa shape index (κ3) is 4.64. The van der Waals surface area contributed by atoms with Crippen LogP contribution in [0.25, 0.3) is 0 Å². The Morgan fingerprint density at radius 3 is 2.50 bits per heavy atom. The van der Waals surface area contributed by atoms with Crippen LogP contribution in [0.5, 0.6) is 0 Å².